The standard InChI is InChI=1S/C44H30/c1-3-13-32-26-35(22-20-29(32)10-1)43-39-17-7-8-18-40(39)44(36-23-21-30-11-2-4-14-33(30)27-36)42-28-34(24-25-41(42)43)38-19-9-15-31-12-5-6-16-37(31)38/h1-8,10-14,16-28H,9,15H2. The molecule has 0 aliphatic heterocycles. The SMILES string of the molecule is C1=C(c2ccc3c(-c4ccc5ccccc5c4)c4ccccc4c(-c4ccc5ccccc5c4)c3c2)c2ccccc2CC1. The van der Waals surface area contributed by atoms with Gasteiger partial charge >= 0.3 is 0 Å². The second kappa shape index (κ2) is 10.1. The van der Waals surface area contributed by atoms with E-state index >= 15 is 0 Å². The lowest BCUT2D eigenvalue weighted by molar-refractivity contribution is 0.978. The second-order valence-corrected chi connectivity index (χ2v) is 12.0. The van der Waals surface area contributed by atoms with Crippen molar-refractivity contribution >= 4 is 48.7 Å². The molecule has 1 aliphatic carbocycles. The van der Waals surface area contributed by atoms with Crippen LogP contribution in [0.2, 0.25) is 0 Å². The summed E-state index contributed by atoms with van der Waals surface area (Å²) in [5, 5.41) is 10.2. The minimum Gasteiger partial charge on any atom is -0.0757 e. The minimum absolute atomic E-state index is 1.07. The van der Waals surface area contributed by atoms with Crippen LogP contribution in [0.15, 0.2) is 158 Å². The van der Waals surface area contributed by atoms with E-state index in [1.165, 1.54) is 87.6 Å². The molecule has 0 saturated heterocycles. The molecule has 0 amide bonds. The van der Waals surface area contributed by atoms with Crippen molar-refractivity contribution in [1.82, 2.24) is 0 Å². The quantitative estimate of drug-likeness (QED) is 0.189. The monoisotopic (exact) mass is 558 g/mol. The Hall–Kier alpha value is -5.46. The summed E-state index contributed by atoms with van der Waals surface area (Å²) in [7, 11) is 0. The summed E-state index contributed by atoms with van der Waals surface area (Å²) >= 11 is 0. The molecule has 0 nitrogen and oxygen atoms in total. The molecule has 0 saturated carbocycles. The average Bonchev–Trinajstić information content (AvgIpc) is 3.09. The van der Waals surface area contributed by atoms with Gasteiger partial charge in [0.2, 0.25) is 0 Å². The van der Waals surface area contributed by atoms with Gasteiger partial charge in [0.1, 0.15) is 0 Å². The third-order valence-corrected chi connectivity index (χ3v) is 9.48. The predicted molar refractivity (Wildman–Crippen MR) is 189 cm³/mol. The van der Waals surface area contributed by atoms with Crippen LogP contribution in [0.3, 0.4) is 0 Å². The number of benzene rings is 8. The summed E-state index contributed by atoms with van der Waals surface area (Å²) < 4.78 is 0. The van der Waals surface area contributed by atoms with Gasteiger partial charge in [0.15, 0.2) is 0 Å². The number of fused-ring (bicyclic) bond motifs is 5. The van der Waals surface area contributed by atoms with Crippen LogP contribution in [0, 0.1) is 0 Å². The van der Waals surface area contributed by atoms with Crippen molar-refractivity contribution in [2.75, 3.05) is 0 Å². The van der Waals surface area contributed by atoms with E-state index in [4.69, 9.17) is 0 Å². The Morgan fingerprint density at radius 2 is 0.886 bits per heavy atom. The van der Waals surface area contributed by atoms with E-state index in [0.717, 1.165) is 12.8 Å². The van der Waals surface area contributed by atoms with Crippen LogP contribution in [0.1, 0.15) is 23.1 Å². The molecule has 0 unspecified atom stereocenters. The molecule has 8 aromatic rings. The number of hydrogen-bond donors (Lipinski definition) is 0. The molecule has 0 atom stereocenters. The molecule has 0 heterocycles. The molecule has 0 N–H and O–H groups in total. The van der Waals surface area contributed by atoms with Gasteiger partial charge in [-0.15, -0.1) is 0 Å². The van der Waals surface area contributed by atoms with Gasteiger partial charge in [0, 0.05) is 0 Å². The normalized spacial score (nSPS) is 13.0. The Morgan fingerprint density at radius 1 is 0.364 bits per heavy atom. The third-order valence-electron chi connectivity index (χ3n) is 9.48. The first-order valence-electron chi connectivity index (χ1n) is 15.6. The molecule has 0 fully saturated rings. The van der Waals surface area contributed by atoms with Crippen LogP contribution < -0.4 is 0 Å². The maximum Gasteiger partial charge on any atom is -0.00259 e. The summed E-state index contributed by atoms with van der Waals surface area (Å²) in [6, 6.07) is 56.3. The first-order valence-corrected chi connectivity index (χ1v) is 15.6. The van der Waals surface area contributed by atoms with Crippen molar-refractivity contribution in [2.24, 2.45) is 0 Å². The van der Waals surface area contributed by atoms with E-state index in [1.54, 1.807) is 0 Å². The lowest BCUT2D eigenvalue weighted by atomic mass is 9.82. The lowest BCUT2D eigenvalue weighted by Gasteiger charge is -2.21. The van der Waals surface area contributed by atoms with Gasteiger partial charge in [0.05, 0.1) is 0 Å². The first kappa shape index (κ1) is 25.1. The highest BCUT2D eigenvalue weighted by Crippen LogP contribution is 2.46. The van der Waals surface area contributed by atoms with Crippen LogP contribution in [-0.2, 0) is 6.42 Å². The number of allylic oxidation sites excluding steroid dienone is 1. The number of aryl methyl sites for hydroxylation is 1. The summed E-state index contributed by atoms with van der Waals surface area (Å²) in [5.41, 5.74) is 10.5. The first-order chi connectivity index (χ1) is 21.8. The van der Waals surface area contributed by atoms with E-state index < -0.39 is 0 Å². The molecule has 8 aromatic carbocycles. The molecule has 9 rings (SSSR count). The van der Waals surface area contributed by atoms with Gasteiger partial charge in [-0.05, 0) is 119 Å². The van der Waals surface area contributed by atoms with Crippen molar-refractivity contribution in [2.45, 2.75) is 12.8 Å². The van der Waals surface area contributed by atoms with Crippen molar-refractivity contribution in [1.29, 1.82) is 0 Å². The van der Waals surface area contributed by atoms with E-state index in [9.17, 15) is 0 Å². The lowest BCUT2D eigenvalue weighted by Crippen LogP contribution is -2.01. The Bertz CT molecular complexity index is 2440. The van der Waals surface area contributed by atoms with E-state index in [-0.39, 0.29) is 0 Å². The molecule has 0 heteroatoms. The Kier molecular flexibility index (Phi) is 5.74. The van der Waals surface area contributed by atoms with Crippen LogP contribution in [0.4, 0.5) is 0 Å². The zero-order valence-electron chi connectivity index (χ0n) is 24.4. The van der Waals surface area contributed by atoms with Crippen LogP contribution in [0.5, 0.6) is 0 Å². The highest BCUT2D eigenvalue weighted by atomic mass is 14.2. The molecule has 206 valence electrons. The van der Waals surface area contributed by atoms with Crippen LogP contribution in [-0.4, -0.2) is 0 Å². The Labute approximate surface area is 257 Å². The summed E-state index contributed by atoms with van der Waals surface area (Å²) in [5.74, 6) is 0. The van der Waals surface area contributed by atoms with Gasteiger partial charge < -0.3 is 0 Å². The van der Waals surface area contributed by atoms with Gasteiger partial charge in [-0.3, -0.25) is 0 Å². The molecule has 0 bridgehead atoms. The topological polar surface area (TPSA) is 0 Å². The van der Waals surface area contributed by atoms with Gasteiger partial charge in [-0.25, -0.2) is 0 Å². The van der Waals surface area contributed by atoms with Crippen molar-refractivity contribution in [3.63, 3.8) is 0 Å². The highest BCUT2D eigenvalue weighted by molar-refractivity contribution is 6.22. The van der Waals surface area contributed by atoms with E-state index in [0.29, 0.717) is 0 Å². The average molecular weight is 559 g/mol. The largest absolute Gasteiger partial charge is 0.0757 e. The Morgan fingerprint density at radius 3 is 1.57 bits per heavy atom. The smallest absolute Gasteiger partial charge is 0.00259 e. The summed E-state index contributed by atoms with van der Waals surface area (Å²) in [6.07, 6.45) is 4.61. The summed E-state index contributed by atoms with van der Waals surface area (Å²) in [4.78, 5) is 0. The van der Waals surface area contributed by atoms with Crippen LogP contribution >= 0.6 is 0 Å². The molecule has 0 aromatic heterocycles. The van der Waals surface area contributed by atoms with E-state index in [2.05, 4.69) is 158 Å². The molecular weight excluding hydrogens is 528 g/mol. The predicted octanol–water partition coefficient (Wildman–Crippen LogP) is 12.0. The fraction of sp³-hybridized carbons (Fsp3) is 0.0455. The second-order valence-electron chi connectivity index (χ2n) is 12.0. The fourth-order valence-corrected chi connectivity index (χ4v) is 7.41. The molecule has 44 heavy (non-hydrogen) atoms. The fourth-order valence-electron chi connectivity index (χ4n) is 7.41. The van der Waals surface area contributed by atoms with E-state index in [1.807, 2.05) is 0 Å². The van der Waals surface area contributed by atoms with Gasteiger partial charge in [0.25, 0.3) is 0 Å². The zero-order chi connectivity index (χ0) is 29.0. The zero-order valence-corrected chi connectivity index (χ0v) is 24.4. The Balaban J connectivity index is 1.39. The highest BCUT2D eigenvalue weighted by Gasteiger charge is 2.20. The summed E-state index contributed by atoms with van der Waals surface area (Å²) in [6.45, 7) is 0. The minimum atomic E-state index is 1.07. The van der Waals surface area contributed by atoms with Gasteiger partial charge in [-0.1, -0.05) is 140 Å². The number of hydrogen-bond acceptors (Lipinski definition) is 0. The third kappa shape index (κ3) is 3.99. The molecule has 1 aliphatic rings. The van der Waals surface area contributed by atoms with Gasteiger partial charge in [-0.2, -0.15) is 0 Å². The number of rotatable bonds is 3. The van der Waals surface area contributed by atoms with Crippen molar-refractivity contribution in [3.05, 3.63) is 174 Å². The molecule has 0 radical (unpaired) electrons. The maximum absolute atomic E-state index is 2.46. The van der Waals surface area contributed by atoms with Crippen molar-refractivity contribution < 1.29 is 0 Å². The molecule has 0 spiro atoms. The maximum atomic E-state index is 2.46. The van der Waals surface area contributed by atoms with Crippen LogP contribution in [0.25, 0.3) is 70.9 Å². The van der Waals surface area contributed by atoms with Crippen molar-refractivity contribution in [3.8, 4) is 22.3 Å². The molecular formula is C44H30.